The van der Waals surface area contributed by atoms with E-state index in [2.05, 4.69) is 10.0 Å². The van der Waals surface area contributed by atoms with Gasteiger partial charge in [0.2, 0.25) is 10.0 Å². The molecule has 1 fully saturated rings. The molecule has 3 aromatic carbocycles. The summed E-state index contributed by atoms with van der Waals surface area (Å²) in [6, 6.07) is 15.4. The molecule has 1 heterocycles. The summed E-state index contributed by atoms with van der Waals surface area (Å²) in [5, 5.41) is 3.25. The van der Waals surface area contributed by atoms with Crippen molar-refractivity contribution in [3.05, 3.63) is 82.3 Å². The lowest BCUT2D eigenvalue weighted by atomic mass is 10.1. The molecule has 0 spiro atoms. The number of rotatable bonds is 7. The van der Waals surface area contributed by atoms with E-state index in [4.69, 9.17) is 27.9 Å². The maximum Gasteiger partial charge on any atom is 0.261 e. The molecule has 2 unspecified atom stereocenters. The molecule has 0 radical (unpaired) electrons. The second kappa shape index (κ2) is 11.2. The van der Waals surface area contributed by atoms with Crippen molar-refractivity contribution in [3.8, 4) is 0 Å². The highest BCUT2D eigenvalue weighted by molar-refractivity contribution is 7.92. The van der Waals surface area contributed by atoms with Gasteiger partial charge in [-0.15, -0.1) is 0 Å². The molecule has 9 nitrogen and oxygen atoms in total. The largest absolute Gasteiger partial charge is 0.373 e. The first-order valence-electron chi connectivity index (χ1n) is 11.5. The summed E-state index contributed by atoms with van der Waals surface area (Å²) in [5.41, 5.74) is 0.304. The molecule has 202 valence electrons. The first-order valence-corrected chi connectivity index (χ1v) is 15.2. The van der Waals surface area contributed by atoms with Gasteiger partial charge in [0.25, 0.3) is 15.9 Å². The number of halogens is 2. The molecule has 0 saturated carbocycles. The lowest BCUT2D eigenvalue weighted by molar-refractivity contribution is -0.0440. The minimum atomic E-state index is -4.04. The summed E-state index contributed by atoms with van der Waals surface area (Å²) >= 11 is 11.9. The summed E-state index contributed by atoms with van der Waals surface area (Å²) in [7, 11) is -7.79. The molecular weight excluding hydrogens is 573 g/mol. The van der Waals surface area contributed by atoms with E-state index in [-0.39, 0.29) is 51.4 Å². The van der Waals surface area contributed by atoms with Crippen molar-refractivity contribution in [3.63, 3.8) is 0 Å². The number of nitrogens with one attached hydrogen (secondary N) is 2. The third kappa shape index (κ3) is 6.48. The zero-order chi connectivity index (χ0) is 27.7. The van der Waals surface area contributed by atoms with Gasteiger partial charge in [-0.3, -0.25) is 9.52 Å². The number of carbonyl (C=O) groups excluding carboxylic acids is 1. The number of hydrogen-bond acceptors (Lipinski definition) is 6. The van der Waals surface area contributed by atoms with Gasteiger partial charge in [0.1, 0.15) is 0 Å². The second-order valence-electron chi connectivity index (χ2n) is 8.81. The van der Waals surface area contributed by atoms with Gasteiger partial charge >= 0.3 is 0 Å². The Bertz CT molecular complexity index is 1540. The maximum absolute atomic E-state index is 13.1. The number of anilines is 2. The zero-order valence-corrected chi connectivity index (χ0v) is 23.5. The van der Waals surface area contributed by atoms with Crippen molar-refractivity contribution >= 4 is 60.5 Å². The number of morpholine rings is 1. The van der Waals surface area contributed by atoms with Gasteiger partial charge in [-0.2, -0.15) is 4.31 Å². The maximum atomic E-state index is 13.1. The molecule has 0 bridgehead atoms. The topological polar surface area (TPSA) is 122 Å². The summed E-state index contributed by atoms with van der Waals surface area (Å²) < 4.78 is 61.3. The van der Waals surface area contributed by atoms with Crippen LogP contribution in [0.2, 0.25) is 10.0 Å². The molecule has 0 aliphatic carbocycles. The van der Waals surface area contributed by atoms with Crippen molar-refractivity contribution in [2.45, 2.75) is 35.8 Å². The molecular formula is C25H25Cl2N3O6S2. The van der Waals surface area contributed by atoms with Crippen LogP contribution in [0.25, 0.3) is 0 Å². The van der Waals surface area contributed by atoms with Crippen molar-refractivity contribution in [2.24, 2.45) is 0 Å². The molecule has 4 rings (SSSR count). The quantitative estimate of drug-likeness (QED) is 0.401. The van der Waals surface area contributed by atoms with E-state index in [1.54, 1.807) is 0 Å². The molecule has 38 heavy (non-hydrogen) atoms. The zero-order valence-electron chi connectivity index (χ0n) is 20.4. The Morgan fingerprint density at radius 1 is 0.842 bits per heavy atom. The molecule has 1 saturated heterocycles. The van der Waals surface area contributed by atoms with Crippen molar-refractivity contribution in [2.75, 3.05) is 23.1 Å². The number of benzene rings is 3. The van der Waals surface area contributed by atoms with Crippen LogP contribution in [-0.2, 0) is 24.8 Å². The van der Waals surface area contributed by atoms with Crippen LogP contribution in [0.15, 0.2) is 76.5 Å². The van der Waals surface area contributed by atoms with Crippen molar-refractivity contribution < 1.29 is 26.4 Å². The molecule has 1 aliphatic heterocycles. The van der Waals surface area contributed by atoms with E-state index in [9.17, 15) is 21.6 Å². The highest BCUT2D eigenvalue weighted by Crippen LogP contribution is 2.27. The van der Waals surface area contributed by atoms with E-state index in [0.29, 0.717) is 10.7 Å². The fraction of sp³-hybridized carbons (Fsp3) is 0.240. The standard InChI is InChI=1S/C25H25Cl2N3O6S2/c1-16-14-30(15-17(2)36-16)38(34,35)22-10-6-20(7-11-22)28-25(31)23-12-5-19(27)13-24(23)29-37(32,33)21-8-3-18(26)4-9-21/h3-13,16-17,29H,14-15H2,1-2H3,(H,28,31). The second-order valence-corrected chi connectivity index (χ2v) is 13.3. The highest BCUT2D eigenvalue weighted by Gasteiger charge is 2.32. The van der Waals surface area contributed by atoms with Crippen LogP contribution in [-0.4, -0.2) is 52.3 Å². The first-order chi connectivity index (χ1) is 17.8. The Labute approximate surface area is 231 Å². The van der Waals surface area contributed by atoms with E-state index in [1.165, 1.54) is 71.0 Å². The third-order valence-corrected chi connectivity index (χ3v) is 9.44. The predicted molar refractivity (Wildman–Crippen MR) is 147 cm³/mol. The number of sulfonamides is 2. The van der Waals surface area contributed by atoms with Crippen LogP contribution in [0.1, 0.15) is 24.2 Å². The average molecular weight is 599 g/mol. The van der Waals surface area contributed by atoms with Gasteiger partial charge < -0.3 is 10.1 Å². The third-order valence-electron chi connectivity index (χ3n) is 5.73. The number of hydrogen-bond donors (Lipinski definition) is 2. The highest BCUT2D eigenvalue weighted by atomic mass is 35.5. The van der Waals surface area contributed by atoms with Crippen LogP contribution < -0.4 is 10.0 Å². The molecule has 1 aliphatic rings. The SMILES string of the molecule is CC1CN(S(=O)(=O)c2ccc(NC(=O)c3ccc(Cl)cc3NS(=O)(=O)c3ccc(Cl)cc3)cc2)CC(C)O1. The number of nitrogens with zero attached hydrogens (tertiary/aromatic N) is 1. The Hall–Kier alpha value is -2.67. The summed E-state index contributed by atoms with van der Waals surface area (Å²) in [4.78, 5) is 13.1. The molecule has 2 N–H and O–H groups in total. The van der Waals surface area contributed by atoms with Crippen LogP contribution in [0.4, 0.5) is 11.4 Å². The van der Waals surface area contributed by atoms with Gasteiger partial charge in [-0.25, -0.2) is 16.8 Å². The Morgan fingerprint density at radius 2 is 1.39 bits per heavy atom. The van der Waals surface area contributed by atoms with Gasteiger partial charge in [0.15, 0.2) is 0 Å². The van der Waals surface area contributed by atoms with Crippen LogP contribution in [0.5, 0.6) is 0 Å². The smallest absolute Gasteiger partial charge is 0.261 e. The van der Waals surface area contributed by atoms with Gasteiger partial charge in [0, 0.05) is 28.8 Å². The van der Waals surface area contributed by atoms with Crippen LogP contribution in [0.3, 0.4) is 0 Å². The summed E-state index contributed by atoms with van der Waals surface area (Å²) in [6.07, 6.45) is -0.449. The normalized spacial score (nSPS) is 18.6. The van der Waals surface area contributed by atoms with E-state index < -0.39 is 26.0 Å². The number of carbonyl (C=O) groups is 1. The Kier molecular flexibility index (Phi) is 8.36. The van der Waals surface area contributed by atoms with Gasteiger partial charge in [0.05, 0.1) is 33.2 Å². The predicted octanol–water partition coefficient (Wildman–Crippen LogP) is 4.84. The van der Waals surface area contributed by atoms with Crippen LogP contribution in [0, 0.1) is 0 Å². The average Bonchev–Trinajstić information content (AvgIpc) is 2.84. The monoisotopic (exact) mass is 597 g/mol. The Balaban J connectivity index is 1.53. The number of ether oxygens (including phenoxy) is 1. The van der Waals surface area contributed by atoms with Gasteiger partial charge in [-0.05, 0) is 80.6 Å². The molecule has 0 aromatic heterocycles. The minimum absolute atomic E-state index is 0.0138. The molecule has 3 aromatic rings. The van der Waals surface area contributed by atoms with E-state index in [1.807, 2.05) is 13.8 Å². The van der Waals surface area contributed by atoms with Gasteiger partial charge in [-0.1, -0.05) is 23.2 Å². The summed E-state index contributed by atoms with van der Waals surface area (Å²) in [5.74, 6) is -0.623. The molecule has 2 atom stereocenters. The molecule has 1 amide bonds. The molecule has 13 heteroatoms. The fourth-order valence-electron chi connectivity index (χ4n) is 4.00. The lowest BCUT2D eigenvalue weighted by Gasteiger charge is -2.34. The van der Waals surface area contributed by atoms with Crippen molar-refractivity contribution in [1.29, 1.82) is 0 Å². The minimum Gasteiger partial charge on any atom is -0.373 e. The Morgan fingerprint density at radius 3 is 2.00 bits per heavy atom. The van der Waals surface area contributed by atoms with E-state index in [0.717, 1.165) is 0 Å². The van der Waals surface area contributed by atoms with Crippen LogP contribution >= 0.6 is 23.2 Å². The number of amides is 1. The lowest BCUT2D eigenvalue weighted by Crippen LogP contribution is -2.48. The fourth-order valence-corrected chi connectivity index (χ4v) is 6.96. The first kappa shape index (κ1) is 28.3. The summed E-state index contributed by atoms with van der Waals surface area (Å²) in [6.45, 7) is 4.13. The van der Waals surface area contributed by atoms with E-state index >= 15 is 0 Å². The van der Waals surface area contributed by atoms with Crippen molar-refractivity contribution in [1.82, 2.24) is 4.31 Å².